The van der Waals surface area contributed by atoms with Crippen LogP contribution in [0.3, 0.4) is 0 Å². The Bertz CT molecular complexity index is 1300. The number of unbranched alkanes of at least 4 members (excludes halogenated alkanes) is 7. The molecule has 0 bridgehead atoms. The maximum atomic E-state index is 15.1. The number of aryl methyl sites for hydroxylation is 1. The molecule has 40 heavy (non-hydrogen) atoms. The van der Waals surface area contributed by atoms with Crippen LogP contribution in [-0.2, 0) is 6.42 Å². The first-order valence-electron chi connectivity index (χ1n) is 15.2. The third kappa shape index (κ3) is 7.77. The average molecular weight is 545 g/mol. The molecule has 0 N–H and O–H groups in total. The molecule has 0 nitrogen and oxygen atoms in total. The van der Waals surface area contributed by atoms with Crippen LogP contribution < -0.4 is 0 Å². The van der Waals surface area contributed by atoms with Crippen LogP contribution in [0, 0.1) is 23.4 Å². The van der Waals surface area contributed by atoms with E-state index in [2.05, 4.69) is 25.2 Å². The van der Waals surface area contributed by atoms with Gasteiger partial charge in [-0.05, 0) is 78.8 Å². The van der Waals surface area contributed by atoms with Crippen LogP contribution in [0.1, 0.15) is 95.6 Å². The van der Waals surface area contributed by atoms with Gasteiger partial charge in [-0.3, -0.25) is 0 Å². The monoisotopic (exact) mass is 544 g/mol. The third-order valence-corrected chi connectivity index (χ3v) is 8.22. The van der Waals surface area contributed by atoms with E-state index in [0.717, 1.165) is 44.1 Å². The Hall–Kier alpha value is -3.07. The van der Waals surface area contributed by atoms with Crippen LogP contribution in [0.25, 0.3) is 27.8 Å². The normalized spacial score (nSPS) is 15.5. The van der Waals surface area contributed by atoms with Crippen LogP contribution in [0.15, 0.2) is 72.8 Å². The molecule has 1 atom stereocenters. The summed E-state index contributed by atoms with van der Waals surface area (Å²) >= 11 is 0. The number of hydrogen-bond acceptors (Lipinski definition) is 0. The molecule has 0 saturated carbocycles. The number of hydrogen-bond donors (Lipinski definition) is 0. The molecule has 0 heterocycles. The van der Waals surface area contributed by atoms with E-state index in [1.54, 1.807) is 42.5 Å². The molecule has 0 amide bonds. The van der Waals surface area contributed by atoms with Crippen molar-refractivity contribution in [2.75, 3.05) is 0 Å². The lowest BCUT2D eigenvalue weighted by Gasteiger charge is -2.20. The van der Waals surface area contributed by atoms with Crippen molar-refractivity contribution in [2.45, 2.75) is 90.9 Å². The topological polar surface area (TPSA) is 0 Å². The molecule has 0 aromatic heterocycles. The molecule has 3 aromatic carbocycles. The van der Waals surface area contributed by atoms with Gasteiger partial charge in [0.15, 0.2) is 11.6 Å². The van der Waals surface area contributed by atoms with Crippen molar-refractivity contribution in [3.8, 4) is 22.3 Å². The Labute approximate surface area is 239 Å². The highest BCUT2D eigenvalue weighted by molar-refractivity contribution is 5.74. The first kappa shape index (κ1) is 29.9. The van der Waals surface area contributed by atoms with E-state index in [1.807, 2.05) is 19.1 Å². The van der Waals surface area contributed by atoms with Crippen molar-refractivity contribution >= 4 is 5.57 Å². The average Bonchev–Trinajstić information content (AvgIpc) is 2.97. The van der Waals surface area contributed by atoms with Gasteiger partial charge >= 0.3 is 0 Å². The fraction of sp³-hybridized carbons (Fsp3) is 0.405. The van der Waals surface area contributed by atoms with E-state index in [-0.39, 0.29) is 11.4 Å². The summed E-state index contributed by atoms with van der Waals surface area (Å²) in [5, 5.41) is 0. The third-order valence-electron chi connectivity index (χ3n) is 8.22. The Kier molecular flexibility index (Phi) is 11.3. The summed E-state index contributed by atoms with van der Waals surface area (Å²) in [5.41, 5.74) is 4.61. The summed E-state index contributed by atoms with van der Waals surface area (Å²) in [6, 6.07) is 15.8. The first-order chi connectivity index (χ1) is 19.5. The Morgan fingerprint density at radius 3 is 1.98 bits per heavy atom. The van der Waals surface area contributed by atoms with Gasteiger partial charge in [0.05, 0.1) is 0 Å². The van der Waals surface area contributed by atoms with E-state index in [9.17, 15) is 4.39 Å². The first-order valence-corrected chi connectivity index (χ1v) is 15.2. The lowest BCUT2D eigenvalue weighted by atomic mass is 9.86. The Morgan fingerprint density at radius 1 is 0.725 bits per heavy atom. The standard InChI is InChI=1S/C37H43F3/c1-3-5-6-7-8-9-10-11-13-31-22-25-34(37(40)36(31)39)30-20-18-29(19-21-30)33-24-23-32(26-35(33)38)28-16-14-27(12-4-2)15-17-28/h4,12,16,18-27H,3,5-11,13-15,17H2,1-2H3. The predicted molar refractivity (Wildman–Crippen MR) is 164 cm³/mol. The molecule has 0 fully saturated rings. The van der Waals surface area contributed by atoms with Gasteiger partial charge in [-0.15, -0.1) is 0 Å². The molecule has 1 aliphatic carbocycles. The smallest absolute Gasteiger partial charge is 0.166 e. The zero-order chi connectivity index (χ0) is 28.3. The largest absolute Gasteiger partial charge is 0.206 e. The summed E-state index contributed by atoms with van der Waals surface area (Å²) in [7, 11) is 0. The summed E-state index contributed by atoms with van der Waals surface area (Å²) in [5.74, 6) is -1.26. The SMILES string of the molecule is CC=CC1CC=C(c2ccc(-c3ccc(-c4ccc(CCCCCCCCCC)c(F)c4F)cc3)c(F)c2)CC1. The molecule has 4 rings (SSSR count). The second kappa shape index (κ2) is 15.1. The molecule has 0 spiro atoms. The minimum atomic E-state index is -0.808. The minimum absolute atomic E-state index is 0.236. The van der Waals surface area contributed by atoms with Crippen LogP contribution in [0.2, 0.25) is 0 Å². The highest BCUT2D eigenvalue weighted by atomic mass is 19.2. The molecule has 1 aliphatic rings. The van der Waals surface area contributed by atoms with Gasteiger partial charge < -0.3 is 0 Å². The molecule has 3 aromatic rings. The molecule has 0 saturated heterocycles. The van der Waals surface area contributed by atoms with Gasteiger partial charge in [-0.25, -0.2) is 13.2 Å². The lowest BCUT2D eigenvalue weighted by Crippen LogP contribution is -2.02. The van der Waals surface area contributed by atoms with E-state index in [0.29, 0.717) is 34.6 Å². The molecule has 0 radical (unpaired) electrons. The molecule has 1 unspecified atom stereocenters. The summed E-state index contributed by atoms with van der Waals surface area (Å²) < 4.78 is 45.1. The zero-order valence-electron chi connectivity index (χ0n) is 24.1. The summed E-state index contributed by atoms with van der Waals surface area (Å²) in [4.78, 5) is 0. The van der Waals surface area contributed by atoms with E-state index < -0.39 is 11.6 Å². The van der Waals surface area contributed by atoms with Gasteiger partial charge in [-0.2, -0.15) is 0 Å². The second-order valence-corrected chi connectivity index (χ2v) is 11.2. The maximum absolute atomic E-state index is 15.1. The molecular weight excluding hydrogens is 501 g/mol. The van der Waals surface area contributed by atoms with Gasteiger partial charge in [-0.1, -0.05) is 119 Å². The van der Waals surface area contributed by atoms with Crippen LogP contribution >= 0.6 is 0 Å². The highest BCUT2D eigenvalue weighted by Gasteiger charge is 2.17. The minimum Gasteiger partial charge on any atom is -0.206 e. The maximum Gasteiger partial charge on any atom is 0.166 e. The fourth-order valence-corrected chi connectivity index (χ4v) is 5.80. The molecule has 3 heteroatoms. The summed E-state index contributed by atoms with van der Waals surface area (Å²) in [6.07, 6.45) is 19.5. The zero-order valence-corrected chi connectivity index (χ0v) is 24.1. The van der Waals surface area contributed by atoms with Gasteiger partial charge in [0, 0.05) is 11.1 Å². The van der Waals surface area contributed by atoms with Crippen molar-refractivity contribution in [3.05, 3.63) is 101 Å². The molecule has 0 aliphatic heterocycles. The number of halogens is 3. The van der Waals surface area contributed by atoms with E-state index >= 15 is 8.78 Å². The molecular formula is C37H43F3. The van der Waals surface area contributed by atoms with E-state index in [1.165, 1.54) is 37.7 Å². The summed E-state index contributed by atoms with van der Waals surface area (Å²) in [6.45, 7) is 4.26. The second-order valence-electron chi connectivity index (χ2n) is 11.2. The predicted octanol–water partition coefficient (Wildman–Crippen LogP) is 11.9. The fourth-order valence-electron chi connectivity index (χ4n) is 5.80. The van der Waals surface area contributed by atoms with Crippen molar-refractivity contribution in [1.29, 1.82) is 0 Å². The van der Waals surface area contributed by atoms with Gasteiger partial charge in [0.25, 0.3) is 0 Å². The number of allylic oxidation sites excluding steroid dienone is 4. The molecule has 212 valence electrons. The van der Waals surface area contributed by atoms with Crippen molar-refractivity contribution < 1.29 is 13.2 Å². The van der Waals surface area contributed by atoms with Crippen molar-refractivity contribution in [3.63, 3.8) is 0 Å². The van der Waals surface area contributed by atoms with Gasteiger partial charge in [0.2, 0.25) is 0 Å². The Balaban J connectivity index is 1.38. The number of benzene rings is 3. The van der Waals surface area contributed by atoms with E-state index in [4.69, 9.17) is 0 Å². The van der Waals surface area contributed by atoms with Crippen molar-refractivity contribution in [2.24, 2.45) is 5.92 Å². The lowest BCUT2D eigenvalue weighted by molar-refractivity contribution is 0.497. The van der Waals surface area contributed by atoms with Gasteiger partial charge in [0.1, 0.15) is 5.82 Å². The Morgan fingerprint density at radius 2 is 1.35 bits per heavy atom. The van der Waals surface area contributed by atoms with Crippen LogP contribution in [0.4, 0.5) is 13.2 Å². The number of rotatable bonds is 13. The van der Waals surface area contributed by atoms with Crippen LogP contribution in [-0.4, -0.2) is 0 Å². The van der Waals surface area contributed by atoms with Crippen LogP contribution in [0.5, 0.6) is 0 Å². The van der Waals surface area contributed by atoms with Crippen molar-refractivity contribution in [1.82, 2.24) is 0 Å². The highest BCUT2D eigenvalue weighted by Crippen LogP contribution is 2.34. The quantitative estimate of drug-likeness (QED) is 0.148.